The molecule has 0 aliphatic heterocycles. The fourth-order valence-corrected chi connectivity index (χ4v) is 1.95. The molecule has 0 radical (unpaired) electrons. The molecule has 1 aliphatic carbocycles. The van der Waals surface area contributed by atoms with E-state index in [-0.39, 0.29) is 11.7 Å². The summed E-state index contributed by atoms with van der Waals surface area (Å²) in [6, 6.07) is 7.30. The summed E-state index contributed by atoms with van der Waals surface area (Å²) in [5, 5.41) is 9.79. The molecule has 2 unspecified atom stereocenters. The van der Waals surface area contributed by atoms with Gasteiger partial charge in [-0.3, -0.25) is 4.79 Å². The quantitative estimate of drug-likeness (QED) is 0.710. The smallest absolute Gasteiger partial charge is 0.169 e. The number of carbonyl (C=O) groups excluding carboxylic acids is 1. The molecule has 0 spiro atoms. The lowest BCUT2D eigenvalue weighted by Crippen LogP contribution is -2.11. The van der Waals surface area contributed by atoms with Crippen molar-refractivity contribution in [3.63, 3.8) is 0 Å². The molecule has 1 aromatic rings. The second-order valence-electron chi connectivity index (χ2n) is 3.41. The largest absolute Gasteiger partial charge is 0.388 e. The van der Waals surface area contributed by atoms with E-state index in [1.54, 1.807) is 6.07 Å². The van der Waals surface area contributed by atoms with Gasteiger partial charge < -0.3 is 5.11 Å². The van der Waals surface area contributed by atoms with Gasteiger partial charge in [0.25, 0.3) is 0 Å². The van der Waals surface area contributed by atoms with Crippen LogP contribution in [0.3, 0.4) is 0 Å². The zero-order valence-corrected chi connectivity index (χ0v) is 7.53. The van der Waals surface area contributed by atoms with Gasteiger partial charge in [-0.05, 0) is 12.0 Å². The van der Waals surface area contributed by atoms with Crippen molar-refractivity contribution in [2.75, 3.05) is 0 Å². The van der Waals surface area contributed by atoms with Crippen molar-refractivity contribution in [1.82, 2.24) is 0 Å². The molecule has 0 fully saturated rings. The molecular formula is C11H12O2. The van der Waals surface area contributed by atoms with E-state index in [0.29, 0.717) is 12.0 Å². The van der Waals surface area contributed by atoms with Gasteiger partial charge in [-0.15, -0.1) is 0 Å². The third-order valence-electron chi connectivity index (χ3n) is 2.70. The van der Waals surface area contributed by atoms with Crippen molar-refractivity contribution < 1.29 is 9.90 Å². The Kier molecular flexibility index (Phi) is 1.93. The second kappa shape index (κ2) is 2.96. The minimum absolute atomic E-state index is 0.0885. The van der Waals surface area contributed by atoms with E-state index in [0.717, 1.165) is 5.56 Å². The van der Waals surface area contributed by atoms with Crippen molar-refractivity contribution in [1.29, 1.82) is 0 Å². The van der Waals surface area contributed by atoms with Crippen LogP contribution < -0.4 is 0 Å². The Morgan fingerprint density at radius 1 is 1.38 bits per heavy atom. The maximum atomic E-state index is 11.7. The first-order chi connectivity index (χ1) is 6.25. The zero-order valence-electron chi connectivity index (χ0n) is 7.53. The summed E-state index contributed by atoms with van der Waals surface area (Å²) in [7, 11) is 0. The van der Waals surface area contributed by atoms with E-state index in [2.05, 4.69) is 0 Å². The van der Waals surface area contributed by atoms with Crippen LogP contribution >= 0.6 is 0 Å². The summed E-state index contributed by atoms with van der Waals surface area (Å²) in [6.45, 7) is 1.93. The van der Waals surface area contributed by atoms with Gasteiger partial charge in [0.05, 0.1) is 12.0 Å². The first-order valence-electron chi connectivity index (χ1n) is 4.57. The summed E-state index contributed by atoms with van der Waals surface area (Å²) in [6.07, 6.45) is 0.114. The summed E-state index contributed by atoms with van der Waals surface area (Å²) >= 11 is 0. The van der Waals surface area contributed by atoms with Gasteiger partial charge >= 0.3 is 0 Å². The molecule has 0 heterocycles. The van der Waals surface area contributed by atoms with Crippen molar-refractivity contribution in [2.24, 2.45) is 5.92 Å². The van der Waals surface area contributed by atoms with Crippen LogP contribution in [0.5, 0.6) is 0 Å². The Balaban J connectivity index is 2.50. The Labute approximate surface area is 77.2 Å². The van der Waals surface area contributed by atoms with Crippen LogP contribution in [0.1, 0.15) is 35.4 Å². The molecule has 2 heteroatoms. The first kappa shape index (κ1) is 8.45. The zero-order chi connectivity index (χ0) is 9.42. The highest BCUT2D eigenvalue weighted by atomic mass is 16.3. The molecule has 1 N–H and O–H groups in total. The van der Waals surface area contributed by atoms with Crippen molar-refractivity contribution in [3.05, 3.63) is 35.4 Å². The summed E-state index contributed by atoms with van der Waals surface area (Å²) < 4.78 is 0. The topological polar surface area (TPSA) is 37.3 Å². The Morgan fingerprint density at radius 2 is 2.08 bits per heavy atom. The molecule has 0 amide bonds. The molecule has 0 saturated heterocycles. The second-order valence-corrected chi connectivity index (χ2v) is 3.41. The van der Waals surface area contributed by atoms with Crippen LogP contribution in [0.4, 0.5) is 0 Å². The van der Waals surface area contributed by atoms with Crippen LogP contribution in [0.15, 0.2) is 24.3 Å². The van der Waals surface area contributed by atoms with E-state index >= 15 is 0 Å². The molecule has 0 aromatic heterocycles. The number of Topliss-reactive ketones (excluding diaryl/α,β-unsaturated/α-hetero) is 1. The Hall–Kier alpha value is -1.15. The lowest BCUT2D eigenvalue weighted by Gasteiger charge is -2.09. The molecule has 0 bridgehead atoms. The number of aliphatic hydroxyl groups is 1. The molecule has 68 valence electrons. The standard InChI is InChI=1S/C11H12O2/c1-2-7-10(12)8-5-3-4-6-9(8)11(7)13/h3-7,10,12H,2H2,1H3. The summed E-state index contributed by atoms with van der Waals surface area (Å²) in [5.41, 5.74) is 1.49. The number of hydrogen-bond acceptors (Lipinski definition) is 2. The Morgan fingerprint density at radius 3 is 2.69 bits per heavy atom. The van der Waals surface area contributed by atoms with Gasteiger partial charge in [-0.1, -0.05) is 31.2 Å². The van der Waals surface area contributed by atoms with E-state index in [1.807, 2.05) is 25.1 Å². The van der Waals surface area contributed by atoms with Crippen molar-refractivity contribution in [3.8, 4) is 0 Å². The molecule has 2 atom stereocenters. The maximum Gasteiger partial charge on any atom is 0.169 e. The molecule has 2 rings (SSSR count). The van der Waals surface area contributed by atoms with Crippen LogP contribution in [0.2, 0.25) is 0 Å². The van der Waals surface area contributed by atoms with E-state index in [9.17, 15) is 9.90 Å². The molecule has 13 heavy (non-hydrogen) atoms. The third-order valence-corrected chi connectivity index (χ3v) is 2.70. The lowest BCUT2D eigenvalue weighted by atomic mass is 10.00. The number of hydrogen-bond donors (Lipinski definition) is 1. The van der Waals surface area contributed by atoms with Crippen LogP contribution in [0.25, 0.3) is 0 Å². The average Bonchev–Trinajstić information content (AvgIpc) is 2.41. The summed E-state index contributed by atoms with van der Waals surface area (Å²) in [5.74, 6) is -0.136. The number of ketones is 1. The molecule has 1 aromatic carbocycles. The van der Waals surface area contributed by atoms with Gasteiger partial charge in [0.2, 0.25) is 0 Å². The van der Waals surface area contributed by atoms with Gasteiger partial charge in [0, 0.05) is 5.56 Å². The predicted molar refractivity (Wildman–Crippen MR) is 49.5 cm³/mol. The first-order valence-corrected chi connectivity index (χ1v) is 4.57. The van der Waals surface area contributed by atoms with Gasteiger partial charge in [-0.2, -0.15) is 0 Å². The van der Waals surface area contributed by atoms with Crippen molar-refractivity contribution >= 4 is 5.78 Å². The molecule has 1 aliphatic rings. The van der Waals surface area contributed by atoms with E-state index in [4.69, 9.17) is 0 Å². The SMILES string of the molecule is CCC1C(=O)c2ccccc2C1O. The van der Waals surface area contributed by atoms with Crippen LogP contribution in [-0.2, 0) is 0 Å². The number of rotatable bonds is 1. The fourth-order valence-electron chi connectivity index (χ4n) is 1.95. The fraction of sp³-hybridized carbons (Fsp3) is 0.364. The molecular weight excluding hydrogens is 164 g/mol. The third kappa shape index (κ3) is 1.10. The van der Waals surface area contributed by atoms with E-state index < -0.39 is 6.10 Å². The highest BCUT2D eigenvalue weighted by Crippen LogP contribution is 2.37. The van der Waals surface area contributed by atoms with Crippen LogP contribution in [-0.4, -0.2) is 10.9 Å². The monoisotopic (exact) mass is 176 g/mol. The average molecular weight is 176 g/mol. The highest BCUT2D eigenvalue weighted by molar-refractivity contribution is 6.02. The minimum Gasteiger partial charge on any atom is -0.388 e. The predicted octanol–water partition coefficient (Wildman–Crippen LogP) is 1.94. The molecule has 0 saturated carbocycles. The number of benzene rings is 1. The van der Waals surface area contributed by atoms with Crippen molar-refractivity contribution in [2.45, 2.75) is 19.4 Å². The van der Waals surface area contributed by atoms with Gasteiger partial charge in [0.1, 0.15) is 0 Å². The minimum atomic E-state index is -0.589. The number of fused-ring (bicyclic) bond motifs is 1. The number of carbonyl (C=O) groups is 1. The number of aliphatic hydroxyl groups excluding tert-OH is 1. The molecule has 2 nitrogen and oxygen atoms in total. The normalized spacial score (nSPS) is 26.2. The maximum absolute atomic E-state index is 11.7. The summed E-state index contributed by atoms with van der Waals surface area (Å²) in [4.78, 5) is 11.7. The Bertz CT molecular complexity index is 344. The van der Waals surface area contributed by atoms with Gasteiger partial charge in [0.15, 0.2) is 5.78 Å². The highest BCUT2D eigenvalue weighted by Gasteiger charge is 2.36. The van der Waals surface area contributed by atoms with Crippen LogP contribution in [0, 0.1) is 5.92 Å². The van der Waals surface area contributed by atoms with E-state index in [1.165, 1.54) is 0 Å². The lowest BCUT2D eigenvalue weighted by molar-refractivity contribution is 0.0749. The van der Waals surface area contributed by atoms with Gasteiger partial charge in [-0.25, -0.2) is 0 Å².